The van der Waals surface area contributed by atoms with Gasteiger partial charge >= 0.3 is 0 Å². The number of nitrogens with zero attached hydrogens (tertiary/aromatic N) is 1. The number of fused-ring (bicyclic) bond motifs is 1. The standard InChI is InChI=1S/C13H11ClN2O/c1-2-9-4-6-12(17-9)13-15-10-5-3-8(14)7-11(10)16-13/h3-7H,2H2,1H3,(H,15,16). The summed E-state index contributed by atoms with van der Waals surface area (Å²) in [6, 6.07) is 9.47. The number of nitrogens with one attached hydrogen (secondary N) is 1. The lowest BCUT2D eigenvalue weighted by Crippen LogP contribution is -1.75. The van der Waals surface area contributed by atoms with Crippen molar-refractivity contribution in [1.82, 2.24) is 9.97 Å². The van der Waals surface area contributed by atoms with Crippen molar-refractivity contribution in [2.45, 2.75) is 13.3 Å². The highest BCUT2D eigenvalue weighted by Gasteiger charge is 2.09. The summed E-state index contributed by atoms with van der Waals surface area (Å²) in [6.07, 6.45) is 0.881. The molecule has 0 spiro atoms. The summed E-state index contributed by atoms with van der Waals surface area (Å²) in [4.78, 5) is 7.66. The zero-order chi connectivity index (χ0) is 11.8. The van der Waals surface area contributed by atoms with Crippen LogP contribution in [0.1, 0.15) is 12.7 Å². The zero-order valence-corrected chi connectivity index (χ0v) is 10.1. The van der Waals surface area contributed by atoms with Crippen LogP contribution >= 0.6 is 11.6 Å². The first-order chi connectivity index (χ1) is 8.26. The van der Waals surface area contributed by atoms with Crippen LogP contribution in [-0.2, 0) is 6.42 Å². The molecule has 2 heterocycles. The molecule has 3 nitrogen and oxygen atoms in total. The van der Waals surface area contributed by atoms with Gasteiger partial charge in [-0.1, -0.05) is 18.5 Å². The third kappa shape index (κ3) is 1.83. The molecule has 2 aromatic heterocycles. The summed E-state index contributed by atoms with van der Waals surface area (Å²) < 4.78 is 5.65. The Morgan fingerprint density at radius 2 is 2.18 bits per heavy atom. The van der Waals surface area contributed by atoms with Gasteiger partial charge in [0.1, 0.15) is 5.76 Å². The molecule has 0 saturated heterocycles. The molecular formula is C13H11ClN2O. The highest BCUT2D eigenvalue weighted by molar-refractivity contribution is 6.31. The Hall–Kier alpha value is -1.74. The van der Waals surface area contributed by atoms with Crippen molar-refractivity contribution in [3.63, 3.8) is 0 Å². The van der Waals surface area contributed by atoms with Crippen molar-refractivity contribution < 1.29 is 4.42 Å². The fraction of sp³-hybridized carbons (Fsp3) is 0.154. The van der Waals surface area contributed by atoms with Gasteiger partial charge in [-0.05, 0) is 30.3 Å². The molecule has 3 rings (SSSR count). The van der Waals surface area contributed by atoms with Crippen LogP contribution in [-0.4, -0.2) is 9.97 Å². The summed E-state index contributed by atoms with van der Waals surface area (Å²) in [5.41, 5.74) is 1.81. The van der Waals surface area contributed by atoms with E-state index >= 15 is 0 Å². The van der Waals surface area contributed by atoms with E-state index in [2.05, 4.69) is 16.9 Å². The number of aromatic nitrogens is 2. The van der Waals surface area contributed by atoms with Crippen molar-refractivity contribution in [1.29, 1.82) is 0 Å². The molecule has 0 radical (unpaired) electrons. The van der Waals surface area contributed by atoms with E-state index < -0.39 is 0 Å². The van der Waals surface area contributed by atoms with Crippen LogP contribution in [0.4, 0.5) is 0 Å². The molecule has 0 unspecified atom stereocenters. The van der Waals surface area contributed by atoms with Crippen LogP contribution < -0.4 is 0 Å². The van der Waals surface area contributed by atoms with Gasteiger partial charge in [0.05, 0.1) is 11.0 Å². The molecule has 0 fully saturated rings. The van der Waals surface area contributed by atoms with Crippen LogP contribution in [0.2, 0.25) is 5.02 Å². The van der Waals surface area contributed by atoms with E-state index in [1.807, 2.05) is 30.3 Å². The quantitative estimate of drug-likeness (QED) is 0.742. The van der Waals surface area contributed by atoms with Crippen molar-refractivity contribution in [3.8, 4) is 11.6 Å². The Bertz CT molecular complexity index is 669. The lowest BCUT2D eigenvalue weighted by Gasteiger charge is -1.89. The number of aromatic amines is 1. The van der Waals surface area contributed by atoms with Crippen LogP contribution in [0.25, 0.3) is 22.6 Å². The SMILES string of the molecule is CCc1ccc(-c2nc3ccc(Cl)cc3[nH]2)o1. The minimum Gasteiger partial charge on any atom is -0.458 e. The van der Waals surface area contributed by atoms with Gasteiger partial charge in [-0.2, -0.15) is 0 Å². The Balaban J connectivity index is 2.11. The van der Waals surface area contributed by atoms with Crippen molar-refractivity contribution in [2.75, 3.05) is 0 Å². The molecule has 3 aromatic rings. The Morgan fingerprint density at radius 3 is 2.94 bits per heavy atom. The third-order valence-corrected chi connectivity index (χ3v) is 2.92. The van der Waals surface area contributed by atoms with Crippen LogP contribution in [0.15, 0.2) is 34.7 Å². The number of rotatable bonds is 2. The van der Waals surface area contributed by atoms with Gasteiger partial charge in [-0.15, -0.1) is 0 Å². The van der Waals surface area contributed by atoms with E-state index in [0.29, 0.717) is 5.02 Å². The topological polar surface area (TPSA) is 41.8 Å². The second kappa shape index (κ2) is 3.93. The summed E-state index contributed by atoms with van der Waals surface area (Å²) in [6.45, 7) is 2.06. The van der Waals surface area contributed by atoms with E-state index in [1.54, 1.807) is 0 Å². The van der Waals surface area contributed by atoms with Crippen LogP contribution in [0.3, 0.4) is 0 Å². The molecular weight excluding hydrogens is 236 g/mol. The number of aryl methyl sites for hydroxylation is 1. The first-order valence-corrected chi connectivity index (χ1v) is 5.88. The number of hydrogen-bond donors (Lipinski definition) is 1. The molecule has 0 atom stereocenters. The van der Waals surface area contributed by atoms with Gasteiger partial charge in [0.15, 0.2) is 11.6 Å². The Kier molecular flexibility index (Phi) is 2.41. The fourth-order valence-electron chi connectivity index (χ4n) is 1.79. The van der Waals surface area contributed by atoms with Crippen LogP contribution in [0, 0.1) is 0 Å². The molecule has 0 bridgehead atoms. The van der Waals surface area contributed by atoms with Gasteiger partial charge in [0.2, 0.25) is 0 Å². The van der Waals surface area contributed by atoms with E-state index in [0.717, 1.165) is 34.8 Å². The van der Waals surface area contributed by atoms with Crippen molar-refractivity contribution in [3.05, 3.63) is 41.1 Å². The average molecular weight is 247 g/mol. The van der Waals surface area contributed by atoms with E-state index in [-0.39, 0.29) is 0 Å². The average Bonchev–Trinajstić information content (AvgIpc) is 2.93. The molecule has 1 aromatic carbocycles. The highest BCUT2D eigenvalue weighted by atomic mass is 35.5. The molecule has 0 aliphatic rings. The van der Waals surface area contributed by atoms with Crippen molar-refractivity contribution in [2.24, 2.45) is 0 Å². The Labute approximate surface area is 103 Å². The van der Waals surface area contributed by atoms with Gasteiger partial charge in [-0.3, -0.25) is 0 Å². The number of furan rings is 1. The minimum atomic E-state index is 0.696. The largest absolute Gasteiger partial charge is 0.458 e. The zero-order valence-electron chi connectivity index (χ0n) is 9.33. The number of halogens is 1. The van der Waals surface area contributed by atoms with Gasteiger partial charge in [0.25, 0.3) is 0 Å². The van der Waals surface area contributed by atoms with E-state index in [4.69, 9.17) is 16.0 Å². The number of imidazole rings is 1. The fourth-order valence-corrected chi connectivity index (χ4v) is 1.97. The summed E-state index contributed by atoms with van der Waals surface area (Å²) in [7, 11) is 0. The van der Waals surface area contributed by atoms with E-state index in [1.165, 1.54) is 0 Å². The second-order valence-electron chi connectivity index (χ2n) is 3.87. The minimum absolute atomic E-state index is 0.696. The molecule has 0 aliphatic heterocycles. The molecule has 0 saturated carbocycles. The first-order valence-electron chi connectivity index (χ1n) is 5.50. The normalized spacial score (nSPS) is 11.2. The van der Waals surface area contributed by atoms with E-state index in [9.17, 15) is 0 Å². The lowest BCUT2D eigenvalue weighted by atomic mass is 10.3. The van der Waals surface area contributed by atoms with Crippen molar-refractivity contribution >= 4 is 22.6 Å². The maximum atomic E-state index is 5.93. The number of H-pyrrole nitrogens is 1. The predicted molar refractivity (Wildman–Crippen MR) is 68.2 cm³/mol. The molecule has 0 aliphatic carbocycles. The third-order valence-electron chi connectivity index (χ3n) is 2.69. The molecule has 86 valence electrons. The molecule has 0 amide bonds. The number of hydrogen-bond acceptors (Lipinski definition) is 2. The number of benzene rings is 1. The molecule has 1 N–H and O–H groups in total. The lowest BCUT2D eigenvalue weighted by molar-refractivity contribution is 0.526. The van der Waals surface area contributed by atoms with Gasteiger partial charge in [0, 0.05) is 11.4 Å². The summed E-state index contributed by atoms with van der Waals surface area (Å²) in [5, 5.41) is 0.696. The summed E-state index contributed by atoms with van der Waals surface area (Å²) in [5.74, 6) is 2.45. The highest BCUT2D eigenvalue weighted by Crippen LogP contribution is 2.24. The van der Waals surface area contributed by atoms with Gasteiger partial charge < -0.3 is 9.40 Å². The molecule has 4 heteroatoms. The first kappa shape index (κ1) is 10.4. The smallest absolute Gasteiger partial charge is 0.174 e. The second-order valence-corrected chi connectivity index (χ2v) is 4.30. The summed E-state index contributed by atoms with van der Waals surface area (Å²) >= 11 is 5.93. The maximum absolute atomic E-state index is 5.93. The predicted octanol–water partition coefficient (Wildman–Crippen LogP) is 4.04. The van der Waals surface area contributed by atoms with Gasteiger partial charge in [-0.25, -0.2) is 4.98 Å². The van der Waals surface area contributed by atoms with Crippen LogP contribution in [0.5, 0.6) is 0 Å². The Morgan fingerprint density at radius 1 is 1.29 bits per heavy atom. The maximum Gasteiger partial charge on any atom is 0.174 e. The monoisotopic (exact) mass is 246 g/mol. The molecule has 17 heavy (non-hydrogen) atoms.